The molecule has 7 heteroatoms. The molecule has 0 saturated carbocycles. The van der Waals surface area contributed by atoms with Crippen molar-refractivity contribution in [2.45, 2.75) is 19.4 Å². The molecule has 0 radical (unpaired) electrons. The van der Waals surface area contributed by atoms with Crippen LogP contribution in [-0.4, -0.2) is 28.0 Å². The Bertz CT molecular complexity index is 685. The second-order valence-corrected chi connectivity index (χ2v) is 4.14. The Morgan fingerprint density at radius 2 is 2.21 bits per heavy atom. The predicted octanol–water partition coefficient (Wildman–Crippen LogP) is 0.253. The first-order valence-corrected chi connectivity index (χ1v) is 5.57. The van der Waals surface area contributed by atoms with Gasteiger partial charge in [0.1, 0.15) is 6.04 Å². The van der Waals surface area contributed by atoms with Crippen LogP contribution in [0.25, 0.3) is 11.1 Å². The molecular formula is C12H12N2O5. The first-order chi connectivity index (χ1) is 8.95. The van der Waals surface area contributed by atoms with E-state index in [0.717, 1.165) is 0 Å². The Balaban J connectivity index is 2.25. The maximum atomic E-state index is 11.0. The molecule has 1 heterocycles. The fraction of sp³-hybridized carbons (Fsp3) is 0.250. The van der Waals surface area contributed by atoms with Gasteiger partial charge in [-0.1, -0.05) is 6.07 Å². The molecule has 100 valence electrons. The number of rotatable bonds is 4. The molecule has 1 unspecified atom stereocenters. The van der Waals surface area contributed by atoms with E-state index >= 15 is 0 Å². The van der Waals surface area contributed by atoms with E-state index in [-0.39, 0.29) is 6.42 Å². The lowest BCUT2D eigenvalue weighted by Crippen LogP contribution is -2.41. The summed E-state index contributed by atoms with van der Waals surface area (Å²) in [7, 11) is 0. The molecule has 7 nitrogen and oxygen atoms in total. The Labute approximate surface area is 107 Å². The summed E-state index contributed by atoms with van der Waals surface area (Å²) in [4.78, 5) is 35.4. The highest BCUT2D eigenvalue weighted by Gasteiger charge is 2.19. The summed E-state index contributed by atoms with van der Waals surface area (Å²) < 4.78 is 4.84. The summed E-state index contributed by atoms with van der Waals surface area (Å²) in [6, 6.07) is 3.85. The number of nitrogens with one attached hydrogen (secondary N) is 2. The van der Waals surface area contributed by atoms with E-state index in [9.17, 15) is 14.4 Å². The Kier molecular flexibility index (Phi) is 3.37. The monoisotopic (exact) mass is 264 g/mol. The van der Waals surface area contributed by atoms with Gasteiger partial charge in [0.2, 0.25) is 5.91 Å². The number of aromatic nitrogens is 1. The third-order valence-corrected chi connectivity index (χ3v) is 2.60. The van der Waals surface area contributed by atoms with E-state index in [1.807, 2.05) is 0 Å². The molecule has 0 saturated heterocycles. The van der Waals surface area contributed by atoms with Gasteiger partial charge in [-0.15, -0.1) is 0 Å². The second-order valence-electron chi connectivity index (χ2n) is 4.14. The number of hydrogen-bond donors (Lipinski definition) is 3. The van der Waals surface area contributed by atoms with Gasteiger partial charge < -0.3 is 14.8 Å². The topological polar surface area (TPSA) is 112 Å². The zero-order valence-corrected chi connectivity index (χ0v) is 10.1. The maximum Gasteiger partial charge on any atom is 0.417 e. The van der Waals surface area contributed by atoms with Crippen molar-refractivity contribution in [2.75, 3.05) is 0 Å². The number of hydrogen-bond acceptors (Lipinski definition) is 4. The van der Waals surface area contributed by atoms with Gasteiger partial charge in [-0.25, -0.2) is 9.59 Å². The van der Waals surface area contributed by atoms with Crippen molar-refractivity contribution in [3.8, 4) is 0 Å². The maximum absolute atomic E-state index is 11.0. The molecule has 1 aromatic carbocycles. The van der Waals surface area contributed by atoms with Gasteiger partial charge in [0.25, 0.3) is 0 Å². The average Bonchev–Trinajstić information content (AvgIpc) is 2.66. The van der Waals surface area contributed by atoms with Crippen LogP contribution in [0.15, 0.2) is 27.4 Å². The van der Waals surface area contributed by atoms with Crippen molar-refractivity contribution >= 4 is 23.0 Å². The SMILES string of the molecule is CC(=O)NC(Cc1ccc2oc(=O)[nH]c2c1)C(=O)O. The number of H-pyrrole nitrogens is 1. The minimum atomic E-state index is -1.11. The zero-order valence-electron chi connectivity index (χ0n) is 10.1. The van der Waals surface area contributed by atoms with Crippen LogP contribution in [0, 0.1) is 0 Å². The van der Waals surface area contributed by atoms with Crippen molar-refractivity contribution in [1.29, 1.82) is 0 Å². The number of oxazole rings is 1. The molecule has 1 atom stereocenters. The zero-order chi connectivity index (χ0) is 14.0. The number of aliphatic carboxylic acids is 1. The molecule has 0 bridgehead atoms. The normalized spacial score (nSPS) is 12.3. The minimum absolute atomic E-state index is 0.123. The lowest BCUT2D eigenvalue weighted by Gasteiger charge is -2.12. The molecule has 0 aliphatic heterocycles. The smallest absolute Gasteiger partial charge is 0.417 e. The summed E-state index contributed by atoms with van der Waals surface area (Å²) >= 11 is 0. The molecule has 0 aliphatic rings. The Morgan fingerprint density at radius 3 is 2.84 bits per heavy atom. The van der Waals surface area contributed by atoms with E-state index in [2.05, 4.69) is 10.3 Å². The summed E-state index contributed by atoms with van der Waals surface area (Å²) in [5.41, 5.74) is 1.57. The quantitative estimate of drug-likeness (QED) is 0.732. The highest BCUT2D eigenvalue weighted by Crippen LogP contribution is 2.13. The van der Waals surface area contributed by atoms with Gasteiger partial charge in [-0.3, -0.25) is 9.78 Å². The molecule has 3 N–H and O–H groups in total. The highest BCUT2D eigenvalue weighted by atomic mass is 16.4. The summed E-state index contributed by atoms with van der Waals surface area (Å²) in [5.74, 6) is -2.09. The number of fused-ring (bicyclic) bond motifs is 1. The van der Waals surface area contributed by atoms with Gasteiger partial charge in [-0.2, -0.15) is 0 Å². The third-order valence-electron chi connectivity index (χ3n) is 2.60. The molecule has 2 aromatic rings. The molecule has 1 aromatic heterocycles. The van der Waals surface area contributed by atoms with Crippen molar-refractivity contribution in [1.82, 2.24) is 10.3 Å². The summed E-state index contributed by atoms with van der Waals surface area (Å²) in [5, 5.41) is 11.4. The molecule has 0 fully saturated rings. The molecule has 0 aliphatic carbocycles. The second kappa shape index (κ2) is 4.97. The standard InChI is InChI=1S/C12H12N2O5/c1-6(15)13-9(11(16)17)5-7-2-3-10-8(4-7)14-12(18)19-10/h2-4,9H,5H2,1H3,(H,13,15)(H,14,18)(H,16,17). The van der Waals surface area contributed by atoms with Crippen LogP contribution in [0.2, 0.25) is 0 Å². The van der Waals surface area contributed by atoms with Crippen LogP contribution in [0.1, 0.15) is 12.5 Å². The summed E-state index contributed by atoms with van der Waals surface area (Å²) in [6.07, 6.45) is 0.123. The van der Waals surface area contributed by atoms with Crippen LogP contribution >= 0.6 is 0 Å². The lowest BCUT2D eigenvalue weighted by atomic mass is 10.1. The fourth-order valence-electron chi connectivity index (χ4n) is 1.81. The van der Waals surface area contributed by atoms with Gasteiger partial charge in [0.05, 0.1) is 5.52 Å². The molecular weight excluding hydrogens is 252 g/mol. The van der Waals surface area contributed by atoms with Crippen LogP contribution in [0.4, 0.5) is 0 Å². The molecule has 0 spiro atoms. The van der Waals surface area contributed by atoms with Crippen molar-refractivity contribution in [3.63, 3.8) is 0 Å². The first kappa shape index (κ1) is 12.9. The minimum Gasteiger partial charge on any atom is -0.480 e. The molecule has 19 heavy (non-hydrogen) atoms. The van der Waals surface area contributed by atoms with Gasteiger partial charge in [-0.05, 0) is 17.7 Å². The van der Waals surface area contributed by atoms with E-state index in [4.69, 9.17) is 9.52 Å². The number of carbonyl (C=O) groups is 2. The van der Waals surface area contributed by atoms with E-state index < -0.39 is 23.7 Å². The number of carbonyl (C=O) groups excluding carboxylic acids is 1. The van der Waals surface area contributed by atoms with E-state index in [1.54, 1.807) is 18.2 Å². The van der Waals surface area contributed by atoms with E-state index in [1.165, 1.54) is 6.92 Å². The first-order valence-electron chi connectivity index (χ1n) is 5.57. The van der Waals surface area contributed by atoms with Crippen LogP contribution in [0.3, 0.4) is 0 Å². The fourth-order valence-corrected chi connectivity index (χ4v) is 1.81. The van der Waals surface area contributed by atoms with Crippen LogP contribution < -0.4 is 11.1 Å². The molecule has 1 amide bonds. The largest absolute Gasteiger partial charge is 0.480 e. The van der Waals surface area contributed by atoms with E-state index in [0.29, 0.717) is 16.7 Å². The Morgan fingerprint density at radius 1 is 1.47 bits per heavy atom. The van der Waals surface area contributed by atoms with Gasteiger partial charge >= 0.3 is 11.7 Å². The predicted molar refractivity (Wildman–Crippen MR) is 65.8 cm³/mol. The van der Waals surface area contributed by atoms with Crippen molar-refractivity contribution in [3.05, 3.63) is 34.3 Å². The third kappa shape index (κ3) is 3.01. The average molecular weight is 264 g/mol. The molecule has 2 rings (SSSR count). The van der Waals surface area contributed by atoms with Crippen molar-refractivity contribution < 1.29 is 19.1 Å². The number of benzene rings is 1. The highest BCUT2D eigenvalue weighted by molar-refractivity contribution is 5.82. The van der Waals surface area contributed by atoms with Gasteiger partial charge in [0.15, 0.2) is 5.58 Å². The van der Waals surface area contributed by atoms with Gasteiger partial charge in [0, 0.05) is 13.3 Å². The number of amides is 1. The van der Waals surface area contributed by atoms with Crippen LogP contribution in [-0.2, 0) is 16.0 Å². The number of carboxylic acid groups (broad SMARTS) is 1. The van der Waals surface area contributed by atoms with Crippen LogP contribution in [0.5, 0.6) is 0 Å². The Hall–Kier alpha value is -2.57. The lowest BCUT2D eigenvalue weighted by molar-refractivity contribution is -0.141. The van der Waals surface area contributed by atoms with Crippen molar-refractivity contribution in [2.24, 2.45) is 0 Å². The summed E-state index contributed by atoms with van der Waals surface area (Å²) in [6.45, 7) is 1.26. The number of aromatic amines is 1. The number of carboxylic acids is 1.